The number of nitrogens with zero attached hydrogens (tertiary/aromatic N) is 1. The zero-order valence-electron chi connectivity index (χ0n) is 12.2. The predicted molar refractivity (Wildman–Crippen MR) is 78.7 cm³/mol. The van der Waals surface area contributed by atoms with Crippen molar-refractivity contribution in [3.63, 3.8) is 0 Å². The molecule has 0 atom stereocenters. The van der Waals surface area contributed by atoms with E-state index in [-0.39, 0.29) is 11.8 Å². The van der Waals surface area contributed by atoms with E-state index in [9.17, 15) is 14.4 Å². The lowest BCUT2D eigenvalue weighted by atomic mass is 9.96. The number of nitrogens with one attached hydrogen (secondary N) is 1. The lowest BCUT2D eigenvalue weighted by Gasteiger charge is -2.29. The second kappa shape index (κ2) is 6.93. The molecule has 118 valence electrons. The molecule has 0 aromatic heterocycles. The number of anilines is 1. The molecule has 0 bridgehead atoms. The number of benzene rings is 1. The smallest absolute Gasteiger partial charge is 0.407 e. The van der Waals surface area contributed by atoms with Crippen LogP contribution >= 0.6 is 0 Å². The maximum absolute atomic E-state index is 12.2. The van der Waals surface area contributed by atoms with Crippen LogP contribution in [0.15, 0.2) is 24.3 Å². The number of rotatable bonds is 3. The Kier molecular flexibility index (Phi) is 4.98. The Bertz CT molecular complexity index is 562. The first-order valence-electron chi connectivity index (χ1n) is 6.98. The van der Waals surface area contributed by atoms with Gasteiger partial charge in [0, 0.05) is 24.7 Å². The second-order valence-electron chi connectivity index (χ2n) is 5.10. The molecule has 22 heavy (non-hydrogen) atoms. The zero-order valence-corrected chi connectivity index (χ0v) is 12.2. The summed E-state index contributed by atoms with van der Waals surface area (Å²) < 4.78 is 4.60. The Balaban J connectivity index is 1.90. The average Bonchev–Trinajstić information content (AvgIpc) is 2.54. The first kappa shape index (κ1) is 15.8. The molecule has 0 aliphatic carbocycles. The summed E-state index contributed by atoms with van der Waals surface area (Å²) in [5.41, 5.74) is 1.01. The van der Waals surface area contributed by atoms with E-state index in [4.69, 9.17) is 5.11 Å². The molecule has 2 amide bonds. The molecule has 1 aromatic rings. The van der Waals surface area contributed by atoms with Gasteiger partial charge >= 0.3 is 12.1 Å². The predicted octanol–water partition coefficient (Wildman–Crippen LogP) is 1.80. The second-order valence-corrected chi connectivity index (χ2v) is 5.10. The Hall–Kier alpha value is -2.57. The Morgan fingerprint density at radius 1 is 1.18 bits per heavy atom. The van der Waals surface area contributed by atoms with Crippen molar-refractivity contribution >= 4 is 23.7 Å². The molecule has 0 saturated carbocycles. The Labute approximate surface area is 127 Å². The van der Waals surface area contributed by atoms with Gasteiger partial charge in [-0.05, 0) is 37.1 Å². The molecular formula is C15H18N2O5. The Morgan fingerprint density at radius 2 is 1.77 bits per heavy atom. The molecule has 2 rings (SSSR count). The number of amides is 2. The van der Waals surface area contributed by atoms with Crippen LogP contribution in [0.1, 0.15) is 23.2 Å². The van der Waals surface area contributed by atoms with Crippen LogP contribution in [0.25, 0.3) is 0 Å². The molecule has 1 aromatic carbocycles. The molecule has 1 aliphatic rings. The summed E-state index contributed by atoms with van der Waals surface area (Å²) in [6.07, 6.45) is 0.0776. The van der Waals surface area contributed by atoms with Gasteiger partial charge in [-0.1, -0.05) is 0 Å². The number of hydrogen-bond acceptors (Lipinski definition) is 4. The van der Waals surface area contributed by atoms with Crippen LogP contribution < -0.4 is 5.32 Å². The highest BCUT2D eigenvalue weighted by Crippen LogP contribution is 2.20. The SMILES string of the molecule is COC(=O)c1ccc(NC(=O)C2CCN(C(=O)O)CC2)cc1. The van der Waals surface area contributed by atoms with Gasteiger partial charge in [0.25, 0.3) is 0 Å². The average molecular weight is 306 g/mol. The minimum absolute atomic E-state index is 0.129. The van der Waals surface area contributed by atoms with Crippen LogP contribution in [-0.2, 0) is 9.53 Å². The van der Waals surface area contributed by atoms with E-state index in [1.807, 2.05) is 0 Å². The van der Waals surface area contributed by atoms with Gasteiger partial charge in [0.1, 0.15) is 0 Å². The first-order valence-corrected chi connectivity index (χ1v) is 6.98. The van der Waals surface area contributed by atoms with Crippen molar-refractivity contribution in [2.75, 3.05) is 25.5 Å². The van der Waals surface area contributed by atoms with E-state index >= 15 is 0 Å². The highest BCUT2D eigenvalue weighted by Gasteiger charge is 2.27. The lowest BCUT2D eigenvalue weighted by Crippen LogP contribution is -2.40. The largest absolute Gasteiger partial charge is 0.465 e. The fourth-order valence-corrected chi connectivity index (χ4v) is 2.38. The molecule has 0 spiro atoms. The topological polar surface area (TPSA) is 95.9 Å². The monoisotopic (exact) mass is 306 g/mol. The summed E-state index contributed by atoms with van der Waals surface area (Å²) in [7, 11) is 1.31. The lowest BCUT2D eigenvalue weighted by molar-refractivity contribution is -0.121. The third-order valence-corrected chi connectivity index (χ3v) is 3.71. The van der Waals surface area contributed by atoms with Crippen LogP contribution in [0, 0.1) is 5.92 Å². The van der Waals surface area contributed by atoms with Gasteiger partial charge in [0.2, 0.25) is 5.91 Å². The van der Waals surface area contributed by atoms with E-state index < -0.39 is 12.1 Å². The van der Waals surface area contributed by atoms with Crippen LogP contribution in [0.5, 0.6) is 0 Å². The number of carbonyl (C=O) groups is 3. The summed E-state index contributed by atoms with van der Waals surface area (Å²) in [4.78, 5) is 35.6. The van der Waals surface area contributed by atoms with Gasteiger partial charge in [0.15, 0.2) is 0 Å². The minimum Gasteiger partial charge on any atom is -0.465 e. The number of likely N-dealkylation sites (tertiary alicyclic amines) is 1. The number of ether oxygens (including phenoxy) is 1. The number of hydrogen-bond donors (Lipinski definition) is 2. The molecule has 1 aliphatic heterocycles. The van der Waals surface area contributed by atoms with Crippen molar-refractivity contribution in [2.24, 2.45) is 5.92 Å². The standard InChI is InChI=1S/C15H18N2O5/c1-22-14(19)11-2-4-12(5-3-11)16-13(18)10-6-8-17(9-7-10)15(20)21/h2-5,10H,6-9H2,1H3,(H,16,18)(H,20,21). The van der Waals surface area contributed by atoms with Gasteiger partial charge in [0.05, 0.1) is 12.7 Å². The van der Waals surface area contributed by atoms with Crippen LogP contribution in [0.2, 0.25) is 0 Å². The van der Waals surface area contributed by atoms with Gasteiger partial charge in [-0.15, -0.1) is 0 Å². The fraction of sp³-hybridized carbons (Fsp3) is 0.400. The summed E-state index contributed by atoms with van der Waals surface area (Å²) in [5, 5.41) is 11.7. The third kappa shape index (κ3) is 3.75. The zero-order chi connectivity index (χ0) is 16.1. The van der Waals surface area contributed by atoms with Crippen LogP contribution in [-0.4, -0.2) is 48.2 Å². The molecule has 7 nitrogen and oxygen atoms in total. The fourth-order valence-electron chi connectivity index (χ4n) is 2.38. The number of piperidine rings is 1. The van der Waals surface area contributed by atoms with Crippen molar-refractivity contribution in [2.45, 2.75) is 12.8 Å². The molecule has 1 saturated heterocycles. The third-order valence-electron chi connectivity index (χ3n) is 3.71. The number of esters is 1. The summed E-state index contributed by atoms with van der Waals surface area (Å²) >= 11 is 0. The van der Waals surface area contributed by atoms with E-state index in [0.717, 1.165) is 0 Å². The number of methoxy groups -OCH3 is 1. The molecule has 1 fully saturated rings. The highest BCUT2D eigenvalue weighted by atomic mass is 16.5. The summed E-state index contributed by atoms with van der Waals surface area (Å²) in [6, 6.07) is 6.43. The van der Waals surface area contributed by atoms with Gasteiger partial charge < -0.3 is 20.1 Å². The van der Waals surface area contributed by atoms with Gasteiger partial charge in [-0.25, -0.2) is 9.59 Å². The molecular weight excluding hydrogens is 288 g/mol. The van der Waals surface area contributed by atoms with Gasteiger partial charge in [-0.3, -0.25) is 4.79 Å². The highest BCUT2D eigenvalue weighted by molar-refractivity contribution is 5.94. The van der Waals surface area contributed by atoms with E-state index in [2.05, 4.69) is 10.1 Å². The molecule has 0 unspecified atom stereocenters. The summed E-state index contributed by atoms with van der Waals surface area (Å²) in [6.45, 7) is 0.739. The van der Waals surface area contributed by atoms with Crippen molar-refractivity contribution < 1.29 is 24.2 Å². The maximum atomic E-state index is 12.2. The molecule has 7 heteroatoms. The minimum atomic E-state index is -0.947. The maximum Gasteiger partial charge on any atom is 0.407 e. The Morgan fingerprint density at radius 3 is 2.27 bits per heavy atom. The van der Waals surface area contributed by atoms with E-state index in [0.29, 0.717) is 37.2 Å². The molecule has 2 N–H and O–H groups in total. The quantitative estimate of drug-likeness (QED) is 0.830. The number of carboxylic acid groups (broad SMARTS) is 1. The van der Waals surface area contributed by atoms with Crippen molar-refractivity contribution in [1.82, 2.24) is 4.90 Å². The van der Waals surface area contributed by atoms with E-state index in [1.165, 1.54) is 12.0 Å². The molecule has 1 heterocycles. The van der Waals surface area contributed by atoms with Crippen LogP contribution in [0.4, 0.5) is 10.5 Å². The molecule has 0 radical (unpaired) electrons. The van der Waals surface area contributed by atoms with Crippen molar-refractivity contribution in [1.29, 1.82) is 0 Å². The first-order chi connectivity index (χ1) is 10.5. The summed E-state index contributed by atoms with van der Waals surface area (Å²) in [5.74, 6) is -0.759. The van der Waals surface area contributed by atoms with Crippen molar-refractivity contribution in [3.05, 3.63) is 29.8 Å². The van der Waals surface area contributed by atoms with E-state index in [1.54, 1.807) is 24.3 Å². The van der Waals surface area contributed by atoms with Crippen molar-refractivity contribution in [3.8, 4) is 0 Å². The normalized spacial score (nSPS) is 15.2. The number of carbonyl (C=O) groups excluding carboxylic acids is 2. The van der Waals surface area contributed by atoms with Crippen LogP contribution in [0.3, 0.4) is 0 Å². The van der Waals surface area contributed by atoms with Gasteiger partial charge in [-0.2, -0.15) is 0 Å².